The first kappa shape index (κ1) is 28.0. The van der Waals surface area contributed by atoms with Gasteiger partial charge in [-0.1, -0.05) is 13.8 Å². The molecule has 3 aromatic rings. The molecule has 4 rings (SSSR count). The molecule has 2 N–H and O–H groups in total. The van der Waals surface area contributed by atoms with Crippen LogP contribution in [0.15, 0.2) is 52.1 Å². The van der Waals surface area contributed by atoms with Gasteiger partial charge in [0.1, 0.15) is 17.1 Å². The first-order valence-electron chi connectivity index (χ1n) is 12.5. The second-order valence-corrected chi connectivity index (χ2v) is 9.54. The summed E-state index contributed by atoms with van der Waals surface area (Å²) < 4.78 is 12.4. The molecule has 0 saturated heterocycles. The minimum absolute atomic E-state index is 0.00135. The van der Waals surface area contributed by atoms with Crippen LogP contribution in [0.4, 0.5) is 11.5 Å². The molecule has 0 radical (unpaired) electrons. The van der Waals surface area contributed by atoms with E-state index in [1.54, 1.807) is 24.3 Å². The van der Waals surface area contributed by atoms with E-state index in [9.17, 15) is 28.8 Å². The quantitative estimate of drug-likeness (QED) is 0.240. The van der Waals surface area contributed by atoms with E-state index in [0.717, 1.165) is 14.0 Å². The number of nitrogens with zero attached hydrogens (tertiary/aromatic N) is 3. The van der Waals surface area contributed by atoms with Crippen LogP contribution in [0.2, 0.25) is 0 Å². The Balaban J connectivity index is 1.53. The van der Waals surface area contributed by atoms with E-state index >= 15 is 0 Å². The van der Waals surface area contributed by atoms with Crippen LogP contribution in [-0.4, -0.2) is 45.9 Å². The van der Waals surface area contributed by atoms with Crippen LogP contribution in [0.3, 0.4) is 0 Å². The first-order valence-corrected chi connectivity index (χ1v) is 12.5. The number of Topliss-reactive ketones (excluding diaryl/α,β-unsaturated/α-hetero) is 1. The Kier molecular flexibility index (Phi) is 7.71. The van der Waals surface area contributed by atoms with E-state index in [2.05, 4.69) is 0 Å². The fourth-order valence-corrected chi connectivity index (χ4v) is 4.33. The third kappa shape index (κ3) is 5.03. The maximum absolute atomic E-state index is 13.1. The molecule has 2 amide bonds. The number of amides is 2. The number of nitrogens with two attached hydrogens (primary N) is 1. The number of carbonyl (C=O) groups excluding carboxylic acids is 4. The Morgan fingerprint density at radius 2 is 1.60 bits per heavy atom. The van der Waals surface area contributed by atoms with Gasteiger partial charge in [0.2, 0.25) is 5.78 Å². The smallest absolute Gasteiger partial charge is 0.338 e. The van der Waals surface area contributed by atoms with Gasteiger partial charge in [0, 0.05) is 13.6 Å². The van der Waals surface area contributed by atoms with Gasteiger partial charge in [0.05, 0.1) is 29.0 Å². The number of hydrogen-bond donors (Lipinski definition) is 1. The van der Waals surface area contributed by atoms with Crippen LogP contribution in [0.1, 0.15) is 62.2 Å². The van der Waals surface area contributed by atoms with Crippen molar-refractivity contribution in [2.24, 2.45) is 13.0 Å². The Hall–Kier alpha value is -5.00. The molecular weight excluding hydrogens is 520 g/mol. The Morgan fingerprint density at radius 3 is 2.23 bits per heavy atom. The number of fused-ring (bicyclic) bond motifs is 1. The van der Waals surface area contributed by atoms with Gasteiger partial charge in [0.25, 0.3) is 17.4 Å². The van der Waals surface area contributed by atoms with E-state index in [1.165, 1.54) is 25.2 Å². The monoisotopic (exact) mass is 548 g/mol. The number of hydrogen-bond acceptors (Lipinski definition) is 9. The van der Waals surface area contributed by atoms with E-state index in [0.29, 0.717) is 18.0 Å². The minimum atomic E-state index is -0.957. The molecule has 1 aliphatic heterocycles. The third-order valence-electron chi connectivity index (χ3n) is 6.27. The molecule has 12 heteroatoms. The maximum Gasteiger partial charge on any atom is 0.338 e. The molecular formula is C28H28N4O8. The SMILES string of the molecule is CCOc1ccc(N2C(=O)c3ccc(C(=O)OCC(=O)c4c(N)n(CC(C)C)c(=O)n(C)c4=O)cc3C2=O)cc1. The molecule has 0 fully saturated rings. The largest absolute Gasteiger partial charge is 0.494 e. The number of imide groups is 1. The van der Waals surface area contributed by atoms with Crippen molar-refractivity contribution in [2.75, 3.05) is 23.8 Å². The molecule has 0 saturated carbocycles. The molecule has 1 aliphatic rings. The standard InChI is InChI=1S/C28H28N4O8/c1-5-39-18-9-7-17(8-10-18)32-24(34)19-11-6-16(12-20(19)25(32)35)27(37)40-14-21(33)22-23(29)31(13-15(2)3)28(38)30(4)26(22)36/h6-12,15H,5,13-14,29H2,1-4H3. The highest BCUT2D eigenvalue weighted by Gasteiger charge is 2.37. The molecule has 2 aromatic carbocycles. The number of rotatable bonds is 9. The summed E-state index contributed by atoms with van der Waals surface area (Å²) in [6, 6.07) is 10.3. The summed E-state index contributed by atoms with van der Waals surface area (Å²) in [6.45, 7) is 5.32. The molecule has 0 bridgehead atoms. The molecule has 0 unspecified atom stereocenters. The Labute approximate surface area is 228 Å². The molecule has 12 nitrogen and oxygen atoms in total. The summed E-state index contributed by atoms with van der Waals surface area (Å²) in [4.78, 5) is 77.7. The van der Waals surface area contributed by atoms with Crippen molar-refractivity contribution in [1.82, 2.24) is 9.13 Å². The van der Waals surface area contributed by atoms with Crippen LogP contribution in [0, 0.1) is 5.92 Å². The lowest BCUT2D eigenvalue weighted by atomic mass is 10.1. The van der Waals surface area contributed by atoms with Crippen LogP contribution in [-0.2, 0) is 18.3 Å². The van der Waals surface area contributed by atoms with Gasteiger partial charge in [-0.3, -0.25) is 28.3 Å². The summed E-state index contributed by atoms with van der Waals surface area (Å²) in [6.07, 6.45) is 0. The van der Waals surface area contributed by atoms with Crippen molar-refractivity contribution in [3.05, 3.63) is 85.6 Å². The molecule has 1 aromatic heterocycles. The number of nitrogen functional groups attached to an aromatic ring is 1. The van der Waals surface area contributed by atoms with Crippen LogP contribution in [0.25, 0.3) is 0 Å². The minimum Gasteiger partial charge on any atom is -0.494 e. The van der Waals surface area contributed by atoms with E-state index in [1.807, 2.05) is 20.8 Å². The summed E-state index contributed by atoms with van der Waals surface area (Å²) in [7, 11) is 1.23. The average Bonchev–Trinajstić information content (AvgIpc) is 3.18. The lowest BCUT2D eigenvalue weighted by molar-refractivity contribution is 0.0474. The zero-order chi connectivity index (χ0) is 29.3. The molecule has 0 spiro atoms. The van der Waals surface area contributed by atoms with Gasteiger partial charge >= 0.3 is 11.7 Å². The molecule has 40 heavy (non-hydrogen) atoms. The Bertz CT molecular complexity index is 1650. The number of ether oxygens (including phenoxy) is 2. The zero-order valence-corrected chi connectivity index (χ0v) is 22.4. The van der Waals surface area contributed by atoms with Gasteiger partial charge in [0.15, 0.2) is 6.61 Å². The number of benzene rings is 2. The predicted octanol–water partition coefficient (Wildman–Crippen LogP) is 2.02. The van der Waals surface area contributed by atoms with Gasteiger partial charge in [-0.2, -0.15) is 0 Å². The van der Waals surface area contributed by atoms with E-state index in [4.69, 9.17) is 15.2 Å². The van der Waals surface area contributed by atoms with Crippen LogP contribution >= 0.6 is 0 Å². The molecule has 208 valence electrons. The average molecular weight is 549 g/mol. The zero-order valence-electron chi connectivity index (χ0n) is 22.4. The summed E-state index contributed by atoms with van der Waals surface area (Å²) in [5.41, 5.74) is 4.34. The number of carbonyl (C=O) groups is 4. The fraction of sp³-hybridized carbons (Fsp3) is 0.286. The van der Waals surface area contributed by atoms with Crippen LogP contribution < -0.4 is 26.6 Å². The van der Waals surface area contributed by atoms with E-state index < -0.39 is 47.0 Å². The van der Waals surface area contributed by atoms with Crippen molar-refractivity contribution in [1.29, 1.82) is 0 Å². The normalized spacial score (nSPS) is 12.6. The number of anilines is 2. The van der Waals surface area contributed by atoms with Gasteiger partial charge < -0.3 is 15.2 Å². The van der Waals surface area contributed by atoms with Crippen LogP contribution in [0.5, 0.6) is 5.75 Å². The van der Waals surface area contributed by atoms with Crippen molar-refractivity contribution in [2.45, 2.75) is 27.3 Å². The fourth-order valence-electron chi connectivity index (χ4n) is 4.33. The van der Waals surface area contributed by atoms with Gasteiger partial charge in [-0.25, -0.2) is 14.5 Å². The second kappa shape index (κ2) is 11.0. The molecule has 2 heterocycles. The topological polar surface area (TPSA) is 160 Å². The summed E-state index contributed by atoms with van der Waals surface area (Å²) in [5, 5.41) is 0. The highest BCUT2D eigenvalue weighted by molar-refractivity contribution is 6.34. The van der Waals surface area contributed by atoms with Crippen molar-refractivity contribution in [3.8, 4) is 5.75 Å². The van der Waals surface area contributed by atoms with Gasteiger partial charge in [-0.15, -0.1) is 0 Å². The molecule has 0 atom stereocenters. The number of ketones is 1. The molecule has 0 aliphatic carbocycles. The van der Waals surface area contributed by atoms with Crippen molar-refractivity contribution in [3.63, 3.8) is 0 Å². The van der Waals surface area contributed by atoms with Crippen molar-refractivity contribution < 1.29 is 28.7 Å². The third-order valence-corrected chi connectivity index (χ3v) is 6.27. The number of esters is 1. The lowest BCUT2D eigenvalue weighted by Crippen LogP contribution is -2.43. The van der Waals surface area contributed by atoms with Gasteiger partial charge in [-0.05, 0) is 55.3 Å². The van der Waals surface area contributed by atoms with E-state index in [-0.39, 0.29) is 35.0 Å². The Morgan fingerprint density at radius 1 is 0.950 bits per heavy atom. The summed E-state index contributed by atoms with van der Waals surface area (Å²) in [5.74, 6) is -2.75. The maximum atomic E-state index is 13.1. The lowest BCUT2D eigenvalue weighted by Gasteiger charge is -2.16. The first-order chi connectivity index (χ1) is 19.0. The highest BCUT2D eigenvalue weighted by Crippen LogP contribution is 2.30. The summed E-state index contributed by atoms with van der Waals surface area (Å²) >= 11 is 0. The van der Waals surface area contributed by atoms with Crippen molar-refractivity contribution >= 4 is 35.1 Å². The predicted molar refractivity (Wildman–Crippen MR) is 145 cm³/mol. The second-order valence-electron chi connectivity index (χ2n) is 9.54. The highest BCUT2D eigenvalue weighted by atomic mass is 16.5. The number of aromatic nitrogens is 2.